The van der Waals surface area contributed by atoms with E-state index in [0.717, 1.165) is 12.8 Å². The van der Waals surface area contributed by atoms with Gasteiger partial charge in [0.15, 0.2) is 0 Å². The van der Waals surface area contributed by atoms with Crippen molar-refractivity contribution in [1.82, 2.24) is 15.5 Å². The topological polar surface area (TPSA) is 87.7 Å². The van der Waals surface area contributed by atoms with E-state index in [9.17, 15) is 14.4 Å². The van der Waals surface area contributed by atoms with Gasteiger partial charge in [-0.3, -0.25) is 14.4 Å². The fraction of sp³-hybridized carbons (Fsp3) is 0.842. The van der Waals surface area contributed by atoms with Gasteiger partial charge in [-0.1, -0.05) is 0 Å². The molecule has 0 saturated carbocycles. The molecule has 7 heteroatoms. The van der Waals surface area contributed by atoms with Crippen LogP contribution in [0.3, 0.4) is 0 Å². The Morgan fingerprint density at radius 2 is 1.62 bits per heavy atom. The third kappa shape index (κ3) is 5.43. The number of carbonyl (C=O) groups is 3. The number of hydrogen-bond acceptors (Lipinski definition) is 5. The summed E-state index contributed by atoms with van der Waals surface area (Å²) in [5.74, 6) is -1.42. The van der Waals surface area contributed by atoms with Gasteiger partial charge in [0.2, 0.25) is 0 Å². The van der Waals surface area contributed by atoms with Crippen molar-refractivity contribution in [3.05, 3.63) is 0 Å². The highest BCUT2D eigenvalue weighted by molar-refractivity contribution is 6.35. The van der Waals surface area contributed by atoms with Crippen LogP contribution in [0.5, 0.6) is 0 Å². The molecule has 2 heterocycles. The first-order valence-corrected chi connectivity index (χ1v) is 9.59. The molecule has 2 amide bonds. The zero-order valence-electron chi connectivity index (χ0n) is 16.7. The van der Waals surface area contributed by atoms with Gasteiger partial charge < -0.3 is 20.3 Å². The maximum atomic E-state index is 12.5. The van der Waals surface area contributed by atoms with Crippen LogP contribution in [0, 0.1) is 5.92 Å². The van der Waals surface area contributed by atoms with E-state index in [2.05, 4.69) is 38.3 Å². The molecular formula is C19H33N3O4. The van der Waals surface area contributed by atoms with Gasteiger partial charge in [-0.05, 0) is 60.3 Å². The van der Waals surface area contributed by atoms with E-state index in [1.165, 1.54) is 0 Å². The van der Waals surface area contributed by atoms with Crippen LogP contribution in [0.2, 0.25) is 0 Å². The Hall–Kier alpha value is -1.63. The van der Waals surface area contributed by atoms with Crippen molar-refractivity contribution in [2.45, 2.75) is 77.4 Å². The highest BCUT2D eigenvalue weighted by atomic mass is 16.5. The molecule has 0 aromatic rings. The summed E-state index contributed by atoms with van der Waals surface area (Å²) in [6, 6.07) is -0.0326. The van der Waals surface area contributed by atoms with Crippen LogP contribution in [-0.4, -0.2) is 59.5 Å². The summed E-state index contributed by atoms with van der Waals surface area (Å²) in [6.07, 6.45) is 2.65. The number of esters is 1. The SMILES string of the molecule is CCOC(=O)C1CCN(C(=O)C(=O)NC2CC(C)(C)NC(C)(C)C2)CC1. The number of nitrogens with zero attached hydrogens (tertiary/aromatic N) is 1. The first kappa shape index (κ1) is 20.7. The number of amides is 2. The fourth-order valence-corrected chi connectivity index (χ4v) is 4.39. The monoisotopic (exact) mass is 367 g/mol. The van der Waals surface area contributed by atoms with Gasteiger partial charge in [0, 0.05) is 30.2 Å². The Morgan fingerprint density at radius 1 is 1.08 bits per heavy atom. The predicted molar refractivity (Wildman–Crippen MR) is 98.4 cm³/mol. The van der Waals surface area contributed by atoms with Crippen LogP contribution >= 0.6 is 0 Å². The summed E-state index contributed by atoms with van der Waals surface area (Å²) in [5.41, 5.74) is -0.193. The molecule has 2 aliphatic heterocycles. The van der Waals surface area contributed by atoms with Gasteiger partial charge in [0.05, 0.1) is 12.5 Å². The van der Waals surface area contributed by atoms with Crippen LogP contribution in [0.4, 0.5) is 0 Å². The molecule has 2 N–H and O–H groups in total. The van der Waals surface area contributed by atoms with E-state index < -0.39 is 11.8 Å². The highest BCUT2D eigenvalue weighted by Crippen LogP contribution is 2.28. The zero-order valence-corrected chi connectivity index (χ0v) is 16.7. The molecule has 26 heavy (non-hydrogen) atoms. The molecule has 0 unspecified atom stereocenters. The number of hydrogen-bond donors (Lipinski definition) is 2. The summed E-state index contributed by atoms with van der Waals surface area (Å²) in [7, 11) is 0. The lowest BCUT2D eigenvalue weighted by molar-refractivity contribution is -0.153. The lowest BCUT2D eigenvalue weighted by Crippen LogP contribution is -2.63. The van der Waals surface area contributed by atoms with Crippen molar-refractivity contribution in [2.24, 2.45) is 5.92 Å². The molecule has 0 aromatic heterocycles. The first-order chi connectivity index (χ1) is 12.0. The van der Waals surface area contributed by atoms with Gasteiger partial charge in [-0.15, -0.1) is 0 Å². The van der Waals surface area contributed by atoms with Crippen molar-refractivity contribution in [2.75, 3.05) is 19.7 Å². The van der Waals surface area contributed by atoms with Gasteiger partial charge in [0.1, 0.15) is 0 Å². The first-order valence-electron chi connectivity index (χ1n) is 9.59. The molecule has 0 aromatic carbocycles. The van der Waals surface area contributed by atoms with E-state index in [-0.39, 0.29) is 29.0 Å². The number of carbonyl (C=O) groups excluding carboxylic acids is 3. The third-order valence-corrected chi connectivity index (χ3v) is 5.12. The summed E-state index contributed by atoms with van der Waals surface area (Å²) in [5, 5.41) is 6.48. The van der Waals surface area contributed by atoms with Gasteiger partial charge in [0.25, 0.3) is 0 Å². The molecule has 148 valence electrons. The van der Waals surface area contributed by atoms with Crippen molar-refractivity contribution in [1.29, 1.82) is 0 Å². The molecule has 0 radical (unpaired) electrons. The van der Waals surface area contributed by atoms with E-state index in [1.807, 2.05) is 0 Å². The van der Waals surface area contributed by atoms with Gasteiger partial charge >= 0.3 is 17.8 Å². The Balaban J connectivity index is 1.86. The van der Waals surface area contributed by atoms with Crippen LogP contribution in [0.25, 0.3) is 0 Å². The lowest BCUT2D eigenvalue weighted by atomic mass is 9.79. The largest absolute Gasteiger partial charge is 0.466 e. The highest BCUT2D eigenvalue weighted by Gasteiger charge is 2.39. The van der Waals surface area contributed by atoms with E-state index in [1.54, 1.807) is 11.8 Å². The normalized spacial score (nSPS) is 23.3. The van der Waals surface area contributed by atoms with Gasteiger partial charge in [-0.2, -0.15) is 0 Å². The van der Waals surface area contributed by atoms with Crippen molar-refractivity contribution in [3.8, 4) is 0 Å². The molecule has 2 fully saturated rings. The minimum atomic E-state index is -0.543. The smallest absolute Gasteiger partial charge is 0.311 e. The van der Waals surface area contributed by atoms with Crippen LogP contribution in [-0.2, 0) is 19.1 Å². The second-order valence-corrected chi connectivity index (χ2v) is 8.79. The predicted octanol–water partition coefficient (Wildman–Crippen LogP) is 1.21. The van der Waals surface area contributed by atoms with Crippen molar-refractivity contribution >= 4 is 17.8 Å². The minimum Gasteiger partial charge on any atom is -0.466 e. The Bertz CT molecular complexity index is 535. The quantitative estimate of drug-likeness (QED) is 0.578. The number of piperidine rings is 2. The summed E-state index contributed by atoms with van der Waals surface area (Å²) in [4.78, 5) is 38.2. The number of rotatable bonds is 3. The fourth-order valence-electron chi connectivity index (χ4n) is 4.39. The van der Waals surface area contributed by atoms with Gasteiger partial charge in [-0.25, -0.2) is 0 Å². The van der Waals surface area contributed by atoms with Crippen molar-refractivity contribution < 1.29 is 19.1 Å². The lowest BCUT2D eigenvalue weighted by Gasteiger charge is -2.46. The summed E-state index contributed by atoms with van der Waals surface area (Å²) in [6.45, 7) is 11.4. The summed E-state index contributed by atoms with van der Waals surface area (Å²) < 4.78 is 5.04. The molecule has 0 bridgehead atoms. The second-order valence-electron chi connectivity index (χ2n) is 8.79. The van der Waals surface area contributed by atoms with Crippen molar-refractivity contribution in [3.63, 3.8) is 0 Å². The van der Waals surface area contributed by atoms with E-state index in [4.69, 9.17) is 4.74 Å². The Morgan fingerprint density at radius 3 is 2.12 bits per heavy atom. The molecule has 7 nitrogen and oxygen atoms in total. The second kappa shape index (κ2) is 7.94. The molecule has 2 rings (SSSR count). The van der Waals surface area contributed by atoms with Crippen LogP contribution < -0.4 is 10.6 Å². The minimum absolute atomic E-state index is 0.0326. The zero-order chi connectivity index (χ0) is 19.5. The molecule has 0 aliphatic carbocycles. The Labute approximate surface area is 156 Å². The number of nitrogens with one attached hydrogen (secondary N) is 2. The average Bonchev–Trinajstić information content (AvgIpc) is 2.51. The average molecular weight is 367 g/mol. The maximum absolute atomic E-state index is 12.5. The summed E-state index contributed by atoms with van der Waals surface area (Å²) >= 11 is 0. The molecule has 0 spiro atoms. The molecule has 2 saturated heterocycles. The molecule has 0 atom stereocenters. The molecular weight excluding hydrogens is 334 g/mol. The van der Waals surface area contributed by atoms with E-state index >= 15 is 0 Å². The Kier molecular flexibility index (Phi) is 6.32. The molecule has 2 aliphatic rings. The number of likely N-dealkylation sites (tertiary alicyclic amines) is 1. The van der Waals surface area contributed by atoms with E-state index in [0.29, 0.717) is 32.5 Å². The van der Waals surface area contributed by atoms with Crippen LogP contribution in [0.1, 0.15) is 60.3 Å². The van der Waals surface area contributed by atoms with Crippen LogP contribution in [0.15, 0.2) is 0 Å². The number of ether oxygens (including phenoxy) is 1. The third-order valence-electron chi connectivity index (χ3n) is 5.12. The maximum Gasteiger partial charge on any atom is 0.311 e. The standard InChI is InChI=1S/C19H33N3O4/c1-6-26-17(25)13-7-9-22(10-8-13)16(24)15(23)20-14-11-18(2,3)21-19(4,5)12-14/h13-14,21H,6-12H2,1-5H3,(H,20,23).